The number of hydrogen-bond acceptors (Lipinski definition) is 3. The van der Waals surface area contributed by atoms with Crippen molar-refractivity contribution in [2.45, 2.75) is 71.4 Å². The second-order valence-corrected chi connectivity index (χ2v) is 7.75. The molecule has 0 aliphatic heterocycles. The molecule has 1 saturated carbocycles. The summed E-state index contributed by atoms with van der Waals surface area (Å²) in [7, 11) is 0. The fourth-order valence-electron chi connectivity index (χ4n) is 3.24. The highest BCUT2D eigenvalue weighted by molar-refractivity contribution is 5.98. The Labute approximate surface area is 137 Å². The Morgan fingerprint density at radius 2 is 1.91 bits per heavy atom. The van der Waals surface area contributed by atoms with E-state index in [-0.39, 0.29) is 11.4 Å². The van der Waals surface area contributed by atoms with Crippen LogP contribution in [0.1, 0.15) is 69.4 Å². The van der Waals surface area contributed by atoms with E-state index in [1.165, 1.54) is 6.20 Å². The maximum Gasteiger partial charge on any atom is 0.329 e. The van der Waals surface area contributed by atoms with E-state index in [4.69, 9.17) is 0 Å². The zero-order chi connectivity index (χ0) is 17.4. The van der Waals surface area contributed by atoms with Crippen molar-refractivity contribution in [1.82, 2.24) is 15.1 Å². The Balaban J connectivity index is 2.24. The molecule has 0 saturated heterocycles. The van der Waals surface area contributed by atoms with Gasteiger partial charge in [0.25, 0.3) is 5.91 Å². The van der Waals surface area contributed by atoms with Crippen LogP contribution < -0.4 is 5.32 Å². The molecular formula is C17H27N3O3. The Bertz CT molecular complexity index is 605. The first-order valence-corrected chi connectivity index (χ1v) is 8.18. The fourth-order valence-corrected chi connectivity index (χ4v) is 3.24. The number of carbonyl (C=O) groups is 2. The van der Waals surface area contributed by atoms with Gasteiger partial charge in [-0.25, -0.2) is 4.79 Å². The molecule has 1 aliphatic carbocycles. The number of rotatable bonds is 3. The first-order chi connectivity index (χ1) is 10.6. The third kappa shape index (κ3) is 3.41. The summed E-state index contributed by atoms with van der Waals surface area (Å²) in [5.74, 6) is -0.793. The van der Waals surface area contributed by atoms with E-state index in [1.807, 2.05) is 27.7 Å². The van der Waals surface area contributed by atoms with Crippen LogP contribution in [0.25, 0.3) is 0 Å². The first-order valence-electron chi connectivity index (χ1n) is 8.18. The predicted octanol–water partition coefficient (Wildman–Crippen LogP) is 2.71. The maximum atomic E-state index is 12.6. The lowest BCUT2D eigenvalue weighted by atomic mass is 9.77. The molecule has 0 atom stereocenters. The molecule has 128 valence electrons. The SMILES string of the molecule is Cc1c(C(=O)NC2(C(=O)O)CCC(C)CC2)cnn1C(C)(C)C. The highest BCUT2D eigenvalue weighted by Crippen LogP contribution is 2.32. The van der Waals surface area contributed by atoms with Crippen LogP contribution >= 0.6 is 0 Å². The molecule has 0 spiro atoms. The summed E-state index contributed by atoms with van der Waals surface area (Å²) in [6.45, 7) is 9.98. The summed E-state index contributed by atoms with van der Waals surface area (Å²) in [6, 6.07) is 0. The number of nitrogens with zero attached hydrogens (tertiary/aromatic N) is 2. The minimum absolute atomic E-state index is 0.229. The van der Waals surface area contributed by atoms with Gasteiger partial charge < -0.3 is 10.4 Å². The van der Waals surface area contributed by atoms with Crippen LogP contribution in [0.15, 0.2) is 6.20 Å². The molecule has 1 heterocycles. The number of aromatic nitrogens is 2. The van der Waals surface area contributed by atoms with Crippen molar-refractivity contribution >= 4 is 11.9 Å². The van der Waals surface area contributed by atoms with Gasteiger partial charge in [-0.05, 0) is 59.3 Å². The summed E-state index contributed by atoms with van der Waals surface area (Å²) in [4.78, 5) is 24.4. The number of aliphatic carboxylic acids is 1. The van der Waals surface area contributed by atoms with Crippen LogP contribution in [0, 0.1) is 12.8 Å². The van der Waals surface area contributed by atoms with Crippen LogP contribution in [-0.2, 0) is 10.3 Å². The summed E-state index contributed by atoms with van der Waals surface area (Å²) >= 11 is 0. The van der Waals surface area contributed by atoms with E-state index in [9.17, 15) is 14.7 Å². The lowest BCUT2D eigenvalue weighted by molar-refractivity contribution is -0.146. The molecule has 6 heteroatoms. The minimum Gasteiger partial charge on any atom is -0.480 e. The van der Waals surface area contributed by atoms with Crippen molar-refractivity contribution in [2.75, 3.05) is 0 Å². The third-order valence-electron chi connectivity index (χ3n) is 4.78. The van der Waals surface area contributed by atoms with Crippen LogP contribution in [-0.4, -0.2) is 32.3 Å². The molecule has 1 aromatic rings. The molecular weight excluding hydrogens is 294 g/mol. The topological polar surface area (TPSA) is 84.2 Å². The summed E-state index contributed by atoms with van der Waals surface area (Å²) in [5, 5.41) is 16.7. The number of carboxylic acids is 1. The summed E-state index contributed by atoms with van der Waals surface area (Å²) in [5.41, 5.74) is -0.188. The van der Waals surface area contributed by atoms with Crippen molar-refractivity contribution in [1.29, 1.82) is 0 Å². The van der Waals surface area contributed by atoms with Crippen molar-refractivity contribution < 1.29 is 14.7 Å². The van der Waals surface area contributed by atoms with E-state index >= 15 is 0 Å². The normalized spacial score (nSPS) is 25.2. The van der Waals surface area contributed by atoms with Crippen LogP contribution in [0.4, 0.5) is 0 Å². The van der Waals surface area contributed by atoms with E-state index in [0.717, 1.165) is 18.5 Å². The predicted molar refractivity (Wildman–Crippen MR) is 87.4 cm³/mol. The van der Waals surface area contributed by atoms with Crippen molar-refractivity contribution in [3.63, 3.8) is 0 Å². The largest absolute Gasteiger partial charge is 0.480 e. The third-order valence-corrected chi connectivity index (χ3v) is 4.78. The maximum absolute atomic E-state index is 12.6. The van der Waals surface area contributed by atoms with Crippen LogP contribution in [0.5, 0.6) is 0 Å². The van der Waals surface area contributed by atoms with Crippen LogP contribution in [0.3, 0.4) is 0 Å². The Morgan fingerprint density at radius 3 is 2.35 bits per heavy atom. The van der Waals surface area contributed by atoms with E-state index in [1.54, 1.807) is 4.68 Å². The molecule has 23 heavy (non-hydrogen) atoms. The number of carbonyl (C=O) groups excluding carboxylic acids is 1. The molecule has 0 bridgehead atoms. The van der Waals surface area contributed by atoms with Gasteiger partial charge in [0.1, 0.15) is 5.54 Å². The number of nitrogens with one attached hydrogen (secondary N) is 1. The first kappa shape index (κ1) is 17.5. The Morgan fingerprint density at radius 1 is 1.35 bits per heavy atom. The molecule has 2 N–H and O–H groups in total. The number of amides is 1. The van der Waals surface area contributed by atoms with E-state index in [0.29, 0.717) is 24.3 Å². The smallest absolute Gasteiger partial charge is 0.329 e. The minimum atomic E-state index is -1.15. The molecule has 1 aromatic heterocycles. The lowest BCUT2D eigenvalue weighted by Gasteiger charge is -2.36. The standard InChI is InChI=1S/C17H27N3O3/c1-11-6-8-17(9-7-11,15(22)23)19-14(21)13-10-18-20(12(13)2)16(3,4)5/h10-11H,6-9H2,1-5H3,(H,19,21)(H,22,23). The van der Waals surface area contributed by atoms with Gasteiger partial charge in [0, 0.05) is 5.69 Å². The fraction of sp³-hybridized carbons (Fsp3) is 0.706. The van der Waals surface area contributed by atoms with Crippen LogP contribution in [0.2, 0.25) is 0 Å². The molecule has 1 aliphatic rings. The molecule has 0 aromatic carbocycles. The molecule has 0 unspecified atom stereocenters. The molecule has 0 radical (unpaired) electrons. The van der Waals surface area contributed by atoms with Gasteiger partial charge >= 0.3 is 5.97 Å². The zero-order valence-corrected chi connectivity index (χ0v) is 14.6. The summed E-state index contributed by atoms with van der Waals surface area (Å²) in [6.07, 6.45) is 4.10. The van der Waals surface area contributed by atoms with Gasteiger partial charge in [-0.2, -0.15) is 5.10 Å². The van der Waals surface area contributed by atoms with Crippen molar-refractivity contribution in [2.24, 2.45) is 5.92 Å². The van der Waals surface area contributed by atoms with Gasteiger partial charge in [-0.3, -0.25) is 9.48 Å². The Hall–Kier alpha value is -1.85. The molecule has 1 amide bonds. The number of hydrogen-bond donors (Lipinski definition) is 2. The van der Waals surface area contributed by atoms with Crippen molar-refractivity contribution in [3.05, 3.63) is 17.5 Å². The van der Waals surface area contributed by atoms with Crippen molar-refractivity contribution in [3.8, 4) is 0 Å². The van der Waals surface area contributed by atoms with Gasteiger partial charge in [0.05, 0.1) is 17.3 Å². The van der Waals surface area contributed by atoms with E-state index < -0.39 is 11.5 Å². The van der Waals surface area contributed by atoms with Gasteiger partial charge in [-0.15, -0.1) is 0 Å². The van der Waals surface area contributed by atoms with E-state index in [2.05, 4.69) is 17.3 Å². The molecule has 6 nitrogen and oxygen atoms in total. The van der Waals surface area contributed by atoms with Gasteiger partial charge in [0.2, 0.25) is 0 Å². The average molecular weight is 321 g/mol. The van der Waals surface area contributed by atoms with Gasteiger partial charge in [-0.1, -0.05) is 6.92 Å². The average Bonchev–Trinajstić information content (AvgIpc) is 2.83. The van der Waals surface area contributed by atoms with Gasteiger partial charge in [0.15, 0.2) is 0 Å². The molecule has 2 rings (SSSR count). The highest BCUT2D eigenvalue weighted by Gasteiger charge is 2.43. The quantitative estimate of drug-likeness (QED) is 0.896. The molecule has 1 fully saturated rings. The second-order valence-electron chi connectivity index (χ2n) is 7.75. The highest BCUT2D eigenvalue weighted by atomic mass is 16.4. The summed E-state index contributed by atoms with van der Waals surface area (Å²) < 4.78 is 1.79. The Kier molecular flexibility index (Phi) is 4.55. The lowest BCUT2D eigenvalue weighted by Crippen LogP contribution is -2.56. The second kappa shape index (κ2) is 5.98. The monoisotopic (exact) mass is 321 g/mol. The number of carboxylic acid groups (broad SMARTS) is 1. The zero-order valence-electron chi connectivity index (χ0n) is 14.6.